The predicted octanol–water partition coefficient (Wildman–Crippen LogP) is 2.83. The minimum Gasteiger partial charge on any atom is -0.377 e. The second kappa shape index (κ2) is 4.96. The number of thioether (sulfide) groups is 1. The normalized spacial score (nSPS) is 21.3. The summed E-state index contributed by atoms with van der Waals surface area (Å²) >= 11 is 3.28. The number of rotatable bonds is 4. The molecule has 4 heteroatoms. The number of hydrogen-bond acceptors (Lipinski definition) is 4. The molecule has 1 unspecified atom stereocenters. The highest BCUT2D eigenvalue weighted by atomic mass is 32.2. The molecule has 1 aromatic heterocycles. The molecular formula is C10H12O2S2. The lowest BCUT2D eigenvalue weighted by Crippen LogP contribution is -2.07. The fourth-order valence-electron chi connectivity index (χ4n) is 1.44. The van der Waals surface area contributed by atoms with Gasteiger partial charge in [0.2, 0.25) is 0 Å². The summed E-state index contributed by atoms with van der Waals surface area (Å²) in [5, 5.41) is 2.03. The molecule has 1 aliphatic rings. The van der Waals surface area contributed by atoms with E-state index in [2.05, 4.69) is 0 Å². The highest BCUT2D eigenvalue weighted by molar-refractivity contribution is 7.99. The van der Waals surface area contributed by atoms with Crippen LogP contribution in [-0.2, 0) is 4.74 Å². The van der Waals surface area contributed by atoms with Crippen molar-refractivity contribution in [2.45, 2.75) is 23.8 Å². The van der Waals surface area contributed by atoms with Gasteiger partial charge in [-0.15, -0.1) is 23.1 Å². The van der Waals surface area contributed by atoms with Gasteiger partial charge in [0, 0.05) is 22.6 Å². The Morgan fingerprint density at radius 3 is 3.29 bits per heavy atom. The third-order valence-corrected chi connectivity index (χ3v) is 4.29. The lowest BCUT2D eigenvalue weighted by atomic mass is 10.3. The Bertz CT molecular complexity index is 303. The van der Waals surface area contributed by atoms with Crippen molar-refractivity contribution < 1.29 is 9.53 Å². The summed E-state index contributed by atoms with van der Waals surface area (Å²) in [5.41, 5.74) is 0. The summed E-state index contributed by atoms with van der Waals surface area (Å²) in [6, 6.07) is 1.94. The van der Waals surface area contributed by atoms with Gasteiger partial charge in [-0.3, -0.25) is 4.79 Å². The van der Waals surface area contributed by atoms with E-state index in [9.17, 15) is 4.79 Å². The van der Waals surface area contributed by atoms with Gasteiger partial charge in [-0.2, -0.15) is 0 Å². The van der Waals surface area contributed by atoms with Gasteiger partial charge in [0.15, 0.2) is 6.29 Å². The van der Waals surface area contributed by atoms with Crippen molar-refractivity contribution in [1.82, 2.24) is 0 Å². The molecule has 0 N–H and O–H groups in total. The molecule has 2 nitrogen and oxygen atoms in total. The van der Waals surface area contributed by atoms with E-state index < -0.39 is 0 Å². The van der Waals surface area contributed by atoms with Gasteiger partial charge in [-0.05, 0) is 18.9 Å². The summed E-state index contributed by atoms with van der Waals surface area (Å²) in [5.74, 6) is 1.01. The third kappa shape index (κ3) is 2.59. The first-order valence-electron chi connectivity index (χ1n) is 4.66. The van der Waals surface area contributed by atoms with Crippen LogP contribution in [-0.4, -0.2) is 24.7 Å². The number of thiophene rings is 1. The van der Waals surface area contributed by atoms with Crippen LogP contribution in [0.4, 0.5) is 0 Å². The fraction of sp³-hybridized carbons (Fsp3) is 0.500. The minimum atomic E-state index is 0.416. The fourth-order valence-corrected chi connectivity index (χ4v) is 3.35. The van der Waals surface area contributed by atoms with Crippen LogP contribution in [0.2, 0.25) is 0 Å². The molecule has 0 amide bonds. The van der Waals surface area contributed by atoms with Gasteiger partial charge in [0.05, 0.1) is 11.0 Å². The zero-order valence-corrected chi connectivity index (χ0v) is 9.40. The van der Waals surface area contributed by atoms with Crippen LogP contribution in [0.1, 0.15) is 22.5 Å². The van der Waals surface area contributed by atoms with Gasteiger partial charge >= 0.3 is 0 Å². The lowest BCUT2D eigenvalue weighted by molar-refractivity contribution is 0.112. The standard InChI is InChI=1S/C10H12O2S2/c11-5-9-4-10(7-14-9)13-6-8-2-1-3-12-8/h4-5,7-8H,1-3,6H2. The van der Waals surface area contributed by atoms with E-state index in [-0.39, 0.29) is 0 Å². The minimum absolute atomic E-state index is 0.416. The first-order valence-corrected chi connectivity index (χ1v) is 6.53. The Hall–Kier alpha value is -0.320. The molecule has 0 aromatic carbocycles. The van der Waals surface area contributed by atoms with Crippen molar-refractivity contribution in [1.29, 1.82) is 0 Å². The van der Waals surface area contributed by atoms with E-state index in [4.69, 9.17) is 4.74 Å². The predicted molar refractivity (Wildman–Crippen MR) is 59.4 cm³/mol. The van der Waals surface area contributed by atoms with Crippen LogP contribution >= 0.6 is 23.1 Å². The summed E-state index contributed by atoms with van der Waals surface area (Å²) in [7, 11) is 0. The van der Waals surface area contributed by atoms with E-state index in [1.807, 2.05) is 11.4 Å². The zero-order chi connectivity index (χ0) is 9.80. The highest BCUT2D eigenvalue weighted by Gasteiger charge is 2.15. The Balaban J connectivity index is 1.81. The number of aldehydes is 1. The Morgan fingerprint density at radius 2 is 2.64 bits per heavy atom. The molecule has 0 bridgehead atoms. The van der Waals surface area contributed by atoms with Gasteiger partial charge in [-0.25, -0.2) is 0 Å². The van der Waals surface area contributed by atoms with E-state index in [0.29, 0.717) is 6.10 Å². The van der Waals surface area contributed by atoms with Crippen LogP contribution in [0.3, 0.4) is 0 Å². The number of ether oxygens (including phenoxy) is 1. The molecule has 0 spiro atoms. The molecule has 2 heterocycles. The first-order chi connectivity index (χ1) is 6.88. The molecule has 1 aliphatic heterocycles. The molecule has 0 aliphatic carbocycles. The van der Waals surface area contributed by atoms with Gasteiger partial charge < -0.3 is 4.74 Å². The van der Waals surface area contributed by atoms with Crippen molar-refractivity contribution in [3.05, 3.63) is 16.3 Å². The molecular weight excluding hydrogens is 216 g/mol. The SMILES string of the molecule is O=Cc1cc(SCC2CCCO2)cs1. The summed E-state index contributed by atoms with van der Waals surface area (Å²) in [6.45, 7) is 0.911. The van der Waals surface area contributed by atoms with Crippen molar-refractivity contribution in [2.24, 2.45) is 0 Å². The Labute approximate surface area is 91.7 Å². The Kier molecular flexibility index (Phi) is 3.61. The average Bonchev–Trinajstić information content (AvgIpc) is 2.86. The molecule has 1 saturated heterocycles. The smallest absolute Gasteiger partial charge is 0.160 e. The summed E-state index contributed by atoms with van der Waals surface area (Å²) in [4.78, 5) is 12.4. The molecule has 1 atom stereocenters. The lowest BCUT2D eigenvalue weighted by Gasteiger charge is -2.06. The van der Waals surface area contributed by atoms with Gasteiger partial charge in [-0.1, -0.05) is 0 Å². The zero-order valence-electron chi connectivity index (χ0n) is 7.77. The van der Waals surface area contributed by atoms with E-state index in [0.717, 1.165) is 23.5 Å². The summed E-state index contributed by atoms with van der Waals surface area (Å²) < 4.78 is 5.52. The maximum Gasteiger partial charge on any atom is 0.160 e. The largest absolute Gasteiger partial charge is 0.377 e. The number of carbonyl (C=O) groups is 1. The Morgan fingerprint density at radius 1 is 1.71 bits per heavy atom. The second-order valence-corrected chi connectivity index (χ2v) is 5.28. The van der Waals surface area contributed by atoms with Gasteiger partial charge in [0.1, 0.15) is 0 Å². The number of hydrogen-bond donors (Lipinski definition) is 0. The quantitative estimate of drug-likeness (QED) is 0.585. The van der Waals surface area contributed by atoms with Crippen molar-refractivity contribution in [2.75, 3.05) is 12.4 Å². The topological polar surface area (TPSA) is 26.3 Å². The van der Waals surface area contributed by atoms with Crippen molar-refractivity contribution in [3.63, 3.8) is 0 Å². The molecule has 1 fully saturated rings. The van der Waals surface area contributed by atoms with Crippen molar-refractivity contribution >= 4 is 29.4 Å². The molecule has 1 aromatic rings. The van der Waals surface area contributed by atoms with E-state index >= 15 is 0 Å². The average molecular weight is 228 g/mol. The molecule has 14 heavy (non-hydrogen) atoms. The van der Waals surface area contributed by atoms with Crippen molar-refractivity contribution in [3.8, 4) is 0 Å². The third-order valence-electron chi connectivity index (χ3n) is 2.17. The maximum atomic E-state index is 10.5. The molecule has 76 valence electrons. The van der Waals surface area contributed by atoms with Crippen LogP contribution < -0.4 is 0 Å². The summed E-state index contributed by atoms with van der Waals surface area (Å²) in [6.07, 6.45) is 3.69. The molecule has 0 saturated carbocycles. The maximum absolute atomic E-state index is 10.5. The van der Waals surface area contributed by atoms with Gasteiger partial charge in [0.25, 0.3) is 0 Å². The molecule has 2 rings (SSSR count). The monoisotopic (exact) mass is 228 g/mol. The van der Waals surface area contributed by atoms with E-state index in [1.54, 1.807) is 11.8 Å². The number of carbonyl (C=O) groups excluding carboxylic acids is 1. The van der Waals surface area contributed by atoms with Crippen LogP contribution in [0.25, 0.3) is 0 Å². The highest BCUT2D eigenvalue weighted by Crippen LogP contribution is 2.27. The van der Waals surface area contributed by atoms with Crippen LogP contribution in [0.5, 0.6) is 0 Å². The van der Waals surface area contributed by atoms with Crippen LogP contribution in [0.15, 0.2) is 16.3 Å². The van der Waals surface area contributed by atoms with Crippen LogP contribution in [0, 0.1) is 0 Å². The second-order valence-electron chi connectivity index (χ2n) is 3.25. The molecule has 0 radical (unpaired) electrons. The first kappa shape index (κ1) is 10.2. The van der Waals surface area contributed by atoms with E-state index in [1.165, 1.54) is 29.1 Å².